The molecule has 0 aliphatic rings. The van der Waals surface area contributed by atoms with Crippen LogP contribution in [-0.4, -0.2) is 18.2 Å². The first kappa shape index (κ1) is 10.4. The molecule has 0 amide bonds. The summed E-state index contributed by atoms with van der Waals surface area (Å²) in [6.45, 7) is 1.76. The van der Waals surface area contributed by atoms with Gasteiger partial charge in [0.05, 0.1) is 16.1 Å². The quantitative estimate of drug-likeness (QED) is 0.719. The van der Waals surface area contributed by atoms with Gasteiger partial charge in [-0.2, -0.15) is 5.10 Å². The number of benzene rings is 1. The van der Waals surface area contributed by atoms with Crippen LogP contribution in [0.25, 0.3) is 10.9 Å². The summed E-state index contributed by atoms with van der Waals surface area (Å²) in [4.78, 5) is 0.118. The lowest BCUT2D eigenvalue weighted by atomic mass is 10.2. The molecule has 0 radical (unpaired) electrons. The monoisotopic (exact) mass is 244 g/mol. The van der Waals surface area contributed by atoms with Crippen LogP contribution in [0.3, 0.4) is 0 Å². The number of aromatic nitrogens is 2. The van der Waals surface area contributed by atoms with Crippen molar-refractivity contribution in [1.29, 1.82) is 0 Å². The van der Waals surface area contributed by atoms with Crippen LogP contribution in [0.1, 0.15) is 5.69 Å². The maximum absolute atomic E-state index is 11.3. The van der Waals surface area contributed by atoms with E-state index >= 15 is 0 Å². The zero-order valence-electron chi connectivity index (χ0n) is 8.23. The molecular formula is C9H9ClN2O2S. The van der Waals surface area contributed by atoms with Crippen LogP contribution in [0.5, 0.6) is 0 Å². The topological polar surface area (TPSA) is 52.0 Å². The summed E-state index contributed by atoms with van der Waals surface area (Å²) in [7, 11) is 3.40. The minimum absolute atomic E-state index is 0.118. The maximum atomic E-state index is 11.3. The number of aryl methyl sites for hydroxylation is 2. The van der Waals surface area contributed by atoms with Gasteiger partial charge in [0.25, 0.3) is 9.05 Å². The van der Waals surface area contributed by atoms with Gasteiger partial charge in [-0.25, -0.2) is 8.42 Å². The van der Waals surface area contributed by atoms with Gasteiger partial charge < -0.3 is 0 Å². The molecule has 0 atom stereocenters. The predicted molar refractivity (Wildman–Crippen MR) is 58.5 cm³/mol. The zero-order valence-corrected chi connectivity index (χ0v) is 9.80. The largest absolute Gasteiger partial charge is 0.268 e. The van der Waals surface area contributed by atoms with Gasteiger partial charge in [-0.1, -0.05) is 6.07 Å². The van der Waals surface area contributed by atoms with E-state index in [2.05, 4.69) is 5.10 Å². The van der Waals surface area contributed by atoms with Crippen molar-refractivity contribution in [2.75, 3.05) is 0 Å². The van der Waals surface area contributed by atoms with E-state index < -0.39 is 9.05 Å². The second-order valence-corrected chi connectivity index (χ2v) is 5.83. The summed E-state index contributed by atoms with van der Waals surface area (Å²) < 4.78 is 24.3. The smallest absolute Gasteiger partial charge is 0.262 e. The third-order valence-corrected chi connectivity index (χ3v) is 3.64. The van der Waals surface area contributed by atoms with E-state index in [0.29, 0.717) is 11.1 Å². The number of fused-ring (bicyclic) bond motifs is 1. The van der Waals surface area contributed by atoms with Crippen molar-refractivity contribution in [3.8, 4) is 0 Å². The van der Waals surface area contributed by atoms with Crippen LogP contribution in [0, 0.1) is 6.92 Å². The van der Waals surface area contributed by atoms with Gasteiger partial charge in [0, 0.05) is 23.1 Å². The van der Waals surface area contributed by atoms with Gasteiger partial charge in [-0.3, -0.25) is 4.68 Å². The van der Waals surface area contributed by atoms with Gasteiger partial charge in [-0.15, -0.1) is 0 Å². The fraction of sp³-hybridized carbons (Fsp3) is 0.222. The summed E-state index contributed by atoms with van der Waals surface area (Å²) in [5.74, 6) is 0. The molecule has 0 aliphatic carbocycles. The molecule has 80 valence electrons. The Morgan fingerprint density at radius 3 is 2.67 bits per heavy atom. The molecular weight excluding hydrogens is 236 g/mol. The van der Waals surface area contributed by atoms with E-state index in [1.165, 1.54) is 6.07 Å². The second kappa shape index (κ2) is 3.21. The summed E-state index contributed by atoms with van der Waals surface area (Å²) >= 11 is 0. The molecule has 1 aromatic carbocycles. The van der Waals surface area contributed by atoms with Gasteiger partial charge in [0.2, 0.25) is 0 Å². The Labute approximate surface area is 91.9 Å². The molecule has 0 aliphatic heterocycles. The predicted octanol–water partition coefficient (Wildman–Crippen LogP) is 1.81. The summed E-state index contributed by atoms with van der Waals surface area (Å²) in [5, 5.41) is 4.75. The lowest BCUT2D eigenvalue weighted by molar-refractivity contribution is 0.610. The summed E-state index contributed by atoms with van der Waals surface area (Å²) in [5.41, 5.74) is 1.42. The number of hydrogen-bond donors (Lipinski definition) is 0. The SMILES string of the molecule is Cc1nn(C)c2cccc(S(=O)(=O)Cl)c12. The summed E-state index contributed by atoms with van der Waals surface area (Å²) in [6.07, 6.45) is 0. The molecule has 2 rings (SSSR count). The highest BCUT2D eigenvalue weighted by atomic mass is 35.7. The Balaban J connectivity index is 3.00. The molecule has 0 saturated carbocycles. The third-order valence-electron chi connectivity index (χ3n) is 2.28. The van der Waals surface area contributed by atoms with E-state index in [1.54, 1.807) is 30.8 Å². The van der Waals surface area contributed by atoms with Crippen LogP contribution in [0.2, 0.25) is 0 Å². The van der Waals surface area contributed by atoms with E-state index in [0.717, 1.165) is 5.52 Å². The van der Waals surface area contributed by atoms with Crippen molar-refractivity contribution in [3.05, 3.63) is 23.9 Å². The Bertz CT molecular complexity index is 631. The van der Waals surface area contributed by atoms with E-state index in [9.17, 15) is 8.42 Å². The molecule has 1 aromatic heterocycles. The van der Waals surface area contributed by atoms with Crippen LogP contribution in [0.15, 0.2) is 23.1 Å². The normalized spacial score (nSPS) is 12.2. The van der Waals surface area contributed by atoms with Crippen LogP contribution >= 0.6 is 10.7 Å². The molecule has 6 heteroatoms. The van der Waals surface area contributed by atoms with Crippen molar-refractivity contribution in [1.82, 2.24) is 9.78 Å². The molecule has 15 heavy (non-hydrogen) atoms. The molecule has 2 aromatic rings. The first-order valence-corrected chi connectivity index (χ1v) is 6.59. The van der Waals surface area contributed by atoms with Gasteiger partial charge in [-0.05, 0) is 19.1 Å². The highest BCUT2D eigenvalue weighted by molar-refractivity contribution is 8.14. The molecule has 4 nitrogen and oxygen atoms in total. The third kappa shape index (κ3) is 1.61. The van der Waals surface area contributed by atoms with E-state index in [4.69, 9.17) is 10.7 Å². The molecule has 0 fully saturated rings. The minimum atomic E-state index is -3.72. The van der Waals surface area contributed by atoms with Crippen LogP contribution in [0.4, 0.5) is 0 Å². The van der Waals surface area contributed by atoms with E-state index in [1.807, 2.05) is 0 Å². The highest BCUT2D eigenvalue weighted by Gasteiger charge is 2.18. The second-order valence-electron chi connectivity index (χ2n) is 3.30. The minimum Gasteiger partial charge on any atom is -0.268 e. The van der Waals surface area contributed by atoms with Gasteiger partial charge in [0.15, 0.2) is 0 Å². The number of nitrogens with zero attached hydrogens (tertiary/aromatic N) is 2. The zero-order chi connectivity index (χ0) is 11.2. The van der Waals surface area contributed by atoms with Crippen molar-refractivity contribution in [2.45, 2.75) is 11.8 Å². The average Bonchev–Trinajstić information content (AvgIpc) is 2.41. The molecule has 0 spiro atoms. The first-order chi connectivity index (χ1) is 6.91. The lowest BCUT2D eigenvalue weighted by Crippen LogP contribution is -1.92. The highest BCUT2D eigenvalue weighted by Crippen LogP contribution is 2.27. The fourth-order valence-corrected chi connectivity index (χ4v) is 2.81. The van der Waals surface area contributed by atoms with Crippen LogP contribution in [-0.2, 0) is 16.1 Å². The fourth-order valence-electron chi connectivity index (χ4n) is 1.68. The van der Waals surface area contributed by atoms with E-state index in [-0.39, 0.29) is 4.90 Å². The molecule has 0 bridgehead atoms. The number of halogens is 1. The number of hydrogen-bond acceptors (Lipinski definition) is 3. The Morgan fingerprint density at radius 1 is 1.40 bits per heavy atom. The average molecular weight is 245 g/mol. The van der Waals surface area contributed by atoms with Crippen LogP contribution < -0.4 is 0 Å². The standard InChI is InChI=1S/C9H9ClN2O2S/c1-6-9-7(12(2)11-6)4-3-5-8(9)15(10,13)14/h3-5H,1-2H3. The lowest BCUT2D eigenvalue weighted by Gasteiger charge is -1.99. The first-order valence-electron chi connectivity index (χ1n) is 4.28. The van der Waals surface area contributed by atoms with Crippen molar-refractivity contribution in [2.24, 2.45) is 7.05 Å². The molecule has 0 saturated heterocycles. The van der Waals surface area contributed by atoms with Gasteiger partial charge in [0.1, 0.15) is 0 Å². The Hall–Kier alpha value is -1.07. The van der Waals surface area contributed by atoms with Crippen molar-refractivity contribution in [3.63, 3.8) is 0 Å². The molecule has 0 unspecified atom stereocenters. The van der Waals surface area contributed by atoms with Gasteiger partial charge >= 0.3 is 0 Å². The number of rotatable bonds is 1. The van der Waals surface area contributed by atoms with Crippen molar-refractivity contribution < 1.29 is 8.42 Å². The Kier molecular flexibility index (Phi) is 2.24. The van der Waals surface area contributed by atoms with Crippen molar-refractivity contribution >= 4 is 30.6 Å². The molecule has 0 N–H and O–H groups in total. The summed E-state index contributed by atoms with van der Waals surface area (Å²) in [6, 6.07) is 4.94. The Morgan fingerprint density at radius 2 is 2.07 bits per heavy atom. The maximum Gasteiger partial charge on any atom is 0.262 e. The molecule has 1 heterocycles.